The minimum Gasteiger partial charge on any atom is -0.345 e. The fourth-order valence-electron chi connectivity index (χ4n) is 5.35. The van der Waals surface area contributed by atoms with Gasteiger partial charge in [0, 0.05) is 39.1 Å². The molecule has 6 nitrogen and oxygen atoms in total. The van der Waals surface area contributed by atoms with Crippen LogP contribution in [0.1, 0.15) is 41.1 Å². The standard InChI is InChI=1S/C31H35N3O3S/c35-30(17-9-19-34-22-20-33(21-23-34)18-8-12-25-10-2-1-3-11-25)32-31-27-14-5-4-13-26(27)24-38(36,37)29-16-7-6-15-28(29)31/h1-8,10-16,31H,9,17-24H2,(H,32,35). The van der Waals surface area contributed by atoms with Gasteiger partial charge < -0.3 is 10.2 Å². The van der Waals surface area contributed by atoms with Crippen LogP contribution in [0.2, 0.25) is 0 Å². The first-order chi connectivity index (χ1) is 18.5. The number of benzene rings is 3. The quantitative estimate of drug-likeness (QED) is 0.472. The lowest BCUT2D eigenvalue weighted by Crippen LogP contribution is -2.46. The maximum Gasteiger partial charge on any atom is 0.220 e. The summed E-state index contributed by atoms with van der Waals surface area (Å²) in [7, 11) is -3.48. The van der Waals surface area contributed by atoms with Crippen LogP contribution >= 0.6 is 0 Å². The summed E-state index contributed by atoms with van der Waals surface area (Å²) in [5, 5.41) is 3.15. The first-order valence-corrected chi connectivity index (χ1v) is 15.0. The summed E-state index contributed by atoms with van der Waals surface area (Å²) in [6, 6.07) is 24.4. The predicted molar refractivity (Wildman–Crippen MR) is 151 cm³/mol. The van der Waals surface area contributed by atoms with E-state index >= 15 is 0 Å². The number of carbonyl (C=O) groups excluding carboxylic acids is 1. The molecule has 1 fully saturated rings. The Labute approximate surface area is 225 Å². The summed E-state index contributed by atoms with van der Waals surface area (Å²) < 4.78 is 26.1. The molecule has 1 N–H and O–H groups in total. The van der Waals surface area contributed by atoms with Crippen molar-refractivity contribution in [1.82, 2.24) is 15.1 Å². The molecule has 0 aliphatic carbocycles. The van der Waals surface area contributed by atoms with E-state index in [0.717, 1.165) is 56.8 Å². The van der Waals surface area contributed by atoms with Crippen LogP contribution in [0, 0.1) is 0 Å². The highest BCUT2D eigenvalue weighted by Gasteiger charge is 2.31. The van der Waals surface area contributed by atoms with Crippen molar-refractivity contribution in [2.45, 2.75) is 29.5 Å². The van der Waals surface area contributed by atoms with Gasteiger partial charge in [-0.25, -0.2) is 8.42 Å². The lowest BCUT2D eigenvalue weighted by molar-refractivity contribution is -0.121. The summed E-state index contributed by atoms with van der Waals surface area (Å²) in [6.07, 6.45) is 5.58. The second-order valence-corrected chi connectivity index (χ2v) is 12.0. The van der Waals surface area contributed by atoms with Crippen LogP contribution in [-0.4, -0.2) is 63.4 Å². The Kier molecular flexibility index (Phi) is 8.37. The van der Waals surface area contributed by atoms with Gasteiger partial charge in [0.25, 0.3) is 0 Å². The topological polar surface area (TPSA) is 69.7 Å². The molecule has 7 heteroatoms. The molecule has 5 rings (SSSR count). The number of hydrogen-bond acceptors (Lipinski definition) is 5. The average Bonchev–Trinajstić information content (AvgIpc) is 3.02. The number of fused-ring (bicyclic) bond motifs is 2. The molecule has 2 aliphatic rings. The van der Waals surface area contributed by atoms with Gasteiger partial charge in [0.15, 0.2) is 9.84 Å². The van der Waals surface area contributed by atoms with Gasteiger partial charge in [-0.15, -0.1) is 0 Å². The molecule has 1 saturated heterocycles. The predicted octanol–water partition coefficient (Wildman–Crippen LogP) is 4.29. The summed E-state index contributed by atoms with van der Waals surface area (Å²) >= 11 is 0. The number of sulfone groups is 1. The number of nitrogens with zero attached hydrogens (tertiary/aromatic N) is 2. The zero-order valence-electron chi connectivity index (χ0n) is 21.6. The van der Waals surface area contributed by atoms with E-state index in [2.05, 4.69) is 51.5 Å². The van der Waals surface area contributed by atoms with Gasteiger partial charge in [-0.1, -0.05) is 84.9 Å². The van der Waals surface area contributed by atoms with Crippen molar-refractivity contribution in [2.24, 2.45) is 0 Å². The van der Waals surface area contributed by atoms with Crippen molar-refractivity contribution >= 4 is 21.8 Å². The largest absolute Gasteiger partial charge is 0.345 e. The summed E-state index contributed by atoms with van der Waals surface area (Å²) in [6.45, 7) is 5.88. The fourth-order valence-corrected chi connectivity index (χ4v) is 7.01. The summed E-state index contributed by atoms with van der Waals surface area (Å²) in [4.78, 5) is 18.2. The van der Waals surface area contributed by atoms with Gasteiger partial charge in [0.2, 0.25) is 5.91 Å². The molecule has 1 atom stereocenters. The van der Waals surface area contributed by atoms with Crippen LogP contribution in [0.5, 0.6) is 0 Å². The van der Waals surface area contributed by atoms with Crippen molar-refractivity contribution in [3.8, 4) is 0 Å². The zero-order valence-corrected chi connectivity index (χ0v) is 22.4. The van der Waals surface area contributed by atoms with Crippen molar-refractivity contribution in [3.05, 3.63) is 107 Å². The third-order valence-electron chi connectivity index (χ3n) is 7.40. The van der Waals surface area contributed by atoms with E-state index in [0.29, 0.717) is 16.9 Å². The molecule has 0 aromatic heterocycles. The molecule has 1 unspecified atom stereocenters. The Bertz CT molecular complexity index is 1380. The molecule has 0 radical (unpaired) electrons. The highest BCUT2D eigenvalue weighted by molar-refractivity contribution is 7.90. The minimum atomic E-state index is -3.48. The normalized spacial score (nSPS) is 19.4. The first kappa shape index (κ1) is 26.4. The Morgan fingerprint density at radius 2 is 1.50 bits per heavy atom. The van der Waals surface area contributed by atoms with E-state index in [-0.39, 0.29) is 11.7 Å². The first-order valence-electron chi connectivity index (χ1n) is 13.3. The number of rotatable bonds is 8. The fraction of sp³-hybridized carbons (Fsp3) is 0.323. The van der Waals surface area contributed by atoms with Crippen LogP contribution in [0.25, 0.3) is 6.08 Å². The molecule has 0 saturated carbocycles. The molecule has 3 aromatic rings. The van der Waals surface area contributed by atoms with Crippen molar-refractivity contribution in [2.75, 3.05) is 39.3 Å². The van der Waals surface area contributed by atoms with E-state index in [9.17, 15) is 13.2 Å². The number of carbonyl (C=O) groups is 1. The van der Waals surface area contributed by atoms with Crippen LogP contribution in [0.15, 0.2) is 89.8 Å². The van der Waals surface area contributed by atoms with Crippen LogP contribution < -0.4 is 5.32 Å². The van der Waals surface area contributed by atoms with Gasteiger partial charge in [0.05, 0.1) is 16.7 Å². The third-order valence-corrected chi connectivity index (χ3v) is 9.13. The summed E-state index contributed by atoms with van der Waals surface area (Å²) in [5.74, 6) is -0.107. The molecule has 1 amide bonds. The van der Waals surface area contributed by atoms with Gasteiger partial charge >= 0.3 is 0 Å². The van der Waals surface area contributed by atoms with Gasteiger partial charge in [0.1, 0.15) is 0 Å². The van der Waals surface area contributed by atoms with E-state index in [1.807, 2.05) is 42.5 Å². The SMILES string of the molecule is O=C(CCCN1CCN(CC=Cc2ccccc2)CC1)NC1c2ccccc2CS(=O)(=O)c2ccccc21. The van der Waals surface area contributed by atoms with Crippen LogP contribution in [0.3, 0.4) is 0 Å². The Hall–Kier alpha value is -3.26. The minimum absolute atomic E-state index is 0.0522. The highest BCUT2D eigenvalue weighted by Crippen LogP contribution is 2.36. The molecule has 2 heterocycles. The van der Waals surface area contributed by atoms with Gasteiger partial charge in [-0.2, -0.15) is 0 Å². The maximum atomic E-state index is 13.1. The average molecular weight is 530 g/mol. The van der Waals surface area contributed by atoms with Crippen LogP contribution in [0.4, 0.5) is 0 Å². The lowest BCUT2D eigenvalue weighted by Gasteiger charge is -2.34. The molecule has 198 valence electrons. The third kappa shape index (κ3) is 6.41. The lowest BCUT2D eigenvalue weighted by atomic mass is 9.95. The number of hydrogen-bond donors (Lipinski definition) is 1. The molecule has 3 aromatic carbocycles. The Morgan fingerprint density at radius 1 is 0.842 bits per heavy atom. The van der Waals surface area contributed by atoms with E-state index in [4.69, 9.17) is 0 Å². The number of nitrogens with one attached hydrogen (secondary N) is 1. The molecule has 0 spiro atoms. The van der Waals surface area contributed by atoms with E-state index in [1.165, 1.54) is 5.56 Å². The van der Waals surface area contributed by atoms with Crippen LogP contribution in [-0.2, 0) is 20.4 Å². The number of piperazine rings is 1. The molecular formula is C31H35N3O3S. The van der Waals surface area contributed by atoms with Crippen molar-refractivity contribution in [1.29, 1.82) is 0 Å². The van der Waals surface area contributed by atoms with Crippen molar-refractivity contribution < 1.29 is 13.2 Å². The zero-order chi connectivity index (χ0) is 26.4. The van der Waals surface area contributed by atoms with Gasteiger partial charge in [-0.05, 0) is 41.3 Å². The molecule has 2 aliphatic heterocycles. The number of amides is 1. The maximum absolute atomic E-state index is 13.1. The van der Waals surface area contributed by atoms with Gasteiger partial charge in [-0.3, -0.25) is 9.69 Å². The second kappa shape index (κ2) is 12.1. The van der Waals surface area contributed by atoms with E-state index < -0.39 is 15.9 Å². The second-order valence-electron chi connectivity index (χ2n) is 10.1. The molecule has 38 heavy (non-hydrogen) atoms. The monoisotopic (exact) mass is 529 g/mol. The van der Waals surface area contributed by atoms with E-state index in [1.54, 1.807) is 12.1 Å². The highest BCUT2D eigenvalue weighted by atomic mass is 32.2. The Balaban J connectivity index is 1.12. The molecular weight excluding hydrogens is 494 g/mol. The van der Waals surface area contributed by atoms with Crippen molar-refractivity contribution in [3.63, 3.8) is 0 Å². The molecule has 0 bridgehead atoms. The summed E-state index contributed by atoms with van der Waals surface area (Å²) in [5.41, 5.74) is 3.46. The smallest absolute Gasteiger partial charge is 0.220 e. The Morgan fingerprint density at radius 3 is 2.29 bits per heavy atom.